The Morgan fingerprint density at radius 1 is 1.26 bits per heavy atom. The van der Waals surface area contributed by atoms with Crippen molar-refractivity contribution in [3.05, 3.63) is 74.5 Å². The van der Waals surface area contributed by atoms with Gasteiger partial charge in [-0.15, -0.1) is 23.7 Å². The number of hydrogen-bond acceptors (Lipinski definition) is 4. The average Bonchev–Trinajstić information content (AvgIpc) is 3.29. The van der Waals surface area contributed by atoms with Crippen LogP contribution in [0.15, 0.2) is 48.4 Å². The Labute approximate surface area is 172 Å². The van der Waals surface area contributed by atoms with Crippen LogP contribution in [0.3, 0.4) is 0 Å². The zero-order chi connectivity index (χ0) is 17.9. The van der Waals surface area contributed by atoms with Gasteiger partial charge < -0.3 is 9.72 Å². The van der Waals surface area contributed by atoms with Crippen molar-refractivity contribution < 1.29 is 9.53 Å². The number of benzene rings is 1. The molecule has 2 aromatic heterocycles. The van der Waals surface area contributed by atoms with E-state index in [-0.39, 0.29) is 18.2 Å². The molecule has 0 spiro atoms. The lowest BCUT2D eigenvalue weighted by molar-refractivity contribution is 0.102. The van der Waals surface area contributed by atoms with Crippen LogP contribution in [-0.4, -0.2) is 22.4 Å². The zero-order valence-corrected chi connectivity index (χ0v) is 16.8. The van der Waals surface area contributed by atoms with E-state index in [1.807, 2.05) is 36.4 Å². The maximum absolute atomic E-state index is 12.8. The van der Waals surface area contributed by atoms with Gasteiger partial charge in [-0.1, -0.05) is 11.6 Å². The zero-order valence-electron chi connectivity index (χ0n) is 14.4. The molecule has 1 aromatic carbocycles. The molecule has 0 unspecified atom stereocenters. The third-order valence-corrected chi connectivity index (χ3v) is 5.56. The number of fused-ring (bicyclic) bond motifs is 1. The highest BCUT2D eigenvalue weighted by molar-refractivity contribution is 7.17. The molecule has 0 fully saturated rings. The number of aromatic nitrogens is 2. The van der Waals surface area contributed by atoms with Crippen molar-refractivity contribution in [2.45, 2.75) is 19.3 Å². The molecule has 2 heterocycles. The third kappa shape index (κ3) is 4.61. The second-order valence-corrected chi connectivity index (χ2v) is 7.88. The molecule has 0 atom stereocenters. The minimum absolute atomic E-state index is 0. The van der Waals surface area contributed by atoms with Crippen LogP contribution in [0, 0.1) is 0 Å². The second-order valence-electron chi connectivity index (χ2n) is 6.13. The maximum atomic E-state index is 12.8. The van der Waals surface area contributed by atoms with Crippen molar-refractivity contribution in [1.29, 1.82) is 0 Å². The van der Waals surface area contributed by atoms with Crippen LogP contribution in [0.25, 0.3) is 6.08 Å². The van der Waals surface area contributed by atoms with Crippen LogP contribution in [0.1, 0.15) is 32.9 Å². The van der Waals surface area contributed by atoms with E-state index in [9.17, 15) is 4.79 Å². The molecule has 3 aromatic rings. The van der Waals surface area contributed by atoms with Crippen LogP contribution in [0.2, 0.25) is 4.34 Å². The molecule has 0 bridgehead atoms. The molecule has 27 heavy (non-hydrogen) atoms. The van der Waals surface area contributed by atoms with Crippen molar-refractivity contribution in [3.63, 3.8) is 0 Å². The second kappa shape index (κ2) is 8.74. The SMILES string of the molecule is Cl.O=C1C(=Cc2ccc(Cl)s2)CCc2cc(OCCc3cnc[nH]3)ccc21. The van der Waals surface area contributed by atoms with Gasteiger partial charge in [0.1, 0.15) is 5.75 Å². The number of carbonyl (C=O) groups is 1. The number of thiophene rings is 1. The van der Waals surface area contributed by atoms with Gasteiger partial charge in [0.05, 0.1) is 17.3 Å². The molecule has 0 saturated heterocycles. The standard InChI is InChI=1S/C20H17ClN2O2S.ClH/c21-19-6-4-17(26-19)10-14-2-1-13-9-16(3-5-18(13)20(14)24)25-8-7-15-11-22-12-23-15;/h3-6,9-12H,1-2,7-8H2,(H,22,23);1H. The van der Waals surface area contributed by atoms with Crippen molar-refractivity contribution in [1.82, 2.24) is 9.97 Å². The number of rotatable bonds is 5. The number of aromatic amines is 1. The molecule has 4 nitrogen and oxygen atoms in total. The fraction of sp³-hybridized carbons (Fsp3) is 0.200. The smallest absolute Gasteiger partial charge is 0.189 e. The monoisotopic (exact) mass is 420 g/mol. The summed E-state index contributed by atoms with van der Waals surface area (Å²) in [5.41, 5.74) is 3.70. The summed E-state index contributed by atoms with van der Waals surface area (Å²) in [6.07, 6.45) is 7.75. The Morgan fingerprint density at radius 3 is 2.89 bits per heavy atom. The van der Waals surface area contributed by atoms with E-state index in [0.29, 0.717) is 6.61 Å². The van der Waals surface area contributed by atoms with Crippen LogP contribution < -0.4 is 4.74 Å². The van der Waals surface area contributed by atoms with Crippen LogP contribution in [-0.2, 0) is 12.8 Å². The highest BCUT2D eigenvalue weighted by Gasteiger charge is 2.22. The molecule has 1 aliphatic carbocycles. The van der Waals surface area contributed by atoms with Crippen molar-refractivity contribution in [2.75, 3.05) is 6.61 Å². The molecule has 7 heteroatoms. The van der Waals surface area contributed by atoms with Gasteiger partial charge in [0, 0.05) is 34.3 Å². The number of halogens is 2. The third-order valence-electron chi connectivity index (χ3n) is 4.38. The van der Waals surface area contributed by atoms with E-state index in [1.165, 1.54) is 11.3 Å². The Bertz CT molecular complexity index is 964. The van der Waals surface area contributed by atoms with Gasteiger partial charge in [-0.25, -0.2) is 4.98 Å². The lowest BCUT2D eigenvalue weighted by Crippen LogP contribution is -2.14. The predicted molar refractivity (Wildman–Crippen MR) is 111 cm³/mol. The summed E-state index contributed by atoms with van der Waals surface area (Å²) in [5.74, 6) is 0.897. The predicted octanol–water partition coefficient (Wildman–Crippen LogP) is 5.38. The molecule has 0 radical (unpaired) electrons. The molecule has 0 aliphatic heterocycles. The summed E-state index contributed by atoms with van der Waals surface area (Å²) >= 11 is 7.46. The van der Waals surface area contributed by atoms with Crippen molar-refractivity contribution in [3.8, 4) is 5.75 Å². The number of hydrogen-bond donors (Lipinski definition) is 1. The number of Topliss-reactive ketones (excluding diaryl/α,β-unsaturated/α-hetero) is 1. The van der Waals surface area contributed by atoms with Crippen LogP contribution >= 0.6 is 35.3 Å². The van der Waals surface area contributed by atoms with Gasteiger partial charge in [0.15, 0.2) is 5.78 Å². The van der Waals surface area contributed by atoms with Crippen LogP contribution in [0.5, 0.6) is 5.75 Å². The number of imidazole rings is 1. The molecular formula is C20H18Cl2N2O2S. The summed E-state index contributed by atoms with van der Waals surface area (Å²) < 4.78 is 6.55. The van der Waals surface area contributed by atoms with Crippen molar-refractivity contribution >= 4 is 47.2 Å². The number of nitrogens with zero attached hydrogens (tertiary/aromatic N) is 1. The molecule has 1 N–H and O–H groups in total. The topological polar surface area (TPSA) is 55.0 Å². The largest absolute Gasteiger partial charge is 0.493 e. The number of ether oxygens (including phenoxy) is 1. The number of ketones is 1. The van der Waals surface area contributed by atoms with E-state index in [2.05, 4.69) is 9.97 Å². The first-order chi connectivity index (χ1) is 12.7. The number of carbonyl (C=O) groups excluding carboxylic acids is 1. The first kappa shape index (κ1) is 19.7. The molecule has 4 rings (SSSR count). The summed E-state index contributed by atoms with van der Waals surface area (Å²) in [7, 11) is 0. The summed E-state index contributed by atoms with van der Waals surface area (Å²) in [4.78, 5) is 20.8. The van der Waals surface area contributed by atoms with Crippen molar-refractivity contribution in [2.24, 2.45) is 0 Å². The highest BCUT2D eigenvalue weighted by Crippen LogP contribution is 2.31. The maximum Gasteiger partial charge on any atom is 0.189 e. The Morgan fingerprint density at radius 2 is 2.15 bits per heavy atom. The Hall–Kier alpha value is -2.08. The summed E-state index contributed by atoms with van der Waals surface area (Å²) in [5, 5.41) is 0. The quantitative estimate of drug-likeness (QED) is 0.563. The van der Waals surface area contributed by atoms with E-state index in [0.717, 1.165) is 56.6 Å². The first-order valence-corrected chi connectivity index (χ1v) is 9.62. The highest BCUT2D eigenvalue weighted by atomic mass is 35.5. The molecular weight excluding hydrogens is 403 g/mol. The number of H-pyrrole nitrogens is 1. The van der Waals surface area contributed by atoms with Gasteiger partial charge in [0.25, 0.3) is 0 Å². The Kier molecular flexibility index (Phi) is 6.37. The van der Waals surface area contributed by atoms with Gasteiger partial charge in [-0.2, -0.15) is 0 Å². The van der Waals surface area contributed by atoms with E-state index in [1.54, 1.807) is 12.5 Å². The first-order valence-electron chi connectivity index (χ1n) is 8.42. The minimum atomic E-state index is 0. The fourth-order valence-corrected chi connectivity index (χ4v) is 4.09. The molecule has 0 amide bonds. The van der Waals surface area contributed by atoms with Gasteiger partial charge in [-0.05, 0) is 54.8 Å². The minimum Gasteiger partial charge on any atom is -0.493 e. The average molecular weight is 421 g/mol. The molecule has 140 valence electrons. The fourth-order valence-electron chi connectivity index (χ4n) is 3.06. The number of allylic oxidation sites excluding steroid dienone is 1. The van der Waals surface area contributed by atoms with E-state index in [4.69, 9.17) is 16.3 Å². The van der Waals surface area contributed by atoms with E-state index >= 15 is 0 Å². The molecule has 1 aliphatic rings. The number of aryl methyl sites for hydroxylation is 1. The van der Waals surface area contributed by atoms with Gasteiger partial charge in [0.2, 0.25) is 0 Å². The van der Waals surface area contributed by atoms with Gasteiger partial charge in [-0.3, -0.25) is 4.79 Å². The van der Waals surface area contributed by atoms with E-state index < -0.39 is 0 Å². The lowest BCUT2D eigenvalue weighted by Gasteiger charge is -2.18. The summed E-state index contributed by atoms with van der Waals surface area (Å²) in [6, 6.07) is 9.53. The lowest BCUT2D eigenvalue weighted by atomic mass is 9.86. The molecule has 0 saturated carbocycles. The Balaban J connectivity index is 0.00000210. The summed E-state index contributed by atoms with van der Waals surface area (Å²) in [6.45, 7) is 0.569. The number of nitrogens with one attached hydrogen (secondary N) is 1. The van der Waals surface area contributed by atoms with Crippen LogP contribution in [0.4, 0.5) is 0 Å². The van der Waals surface area contributed by atoms with Gasteiger partial charge >= 0.3 is 0 Å². The normalized spacial score (nSPS) is 14.7.